The van der Waals surface area contributed by atoms with Crippen LogP contribution in [-0.2, 0) is 27.9 Å². The minimum absolute atomic E-state index is 0.177. The average Bonchev–Trinajstić information content (AvgIpc) is 3.02. The van der Waals surface area contributed by atoms with Crippen LogP contribution in [0.1, 0.15) is 42.2 Å². The molecule has 2 aromatic heterocycles. The predicted molar refractivity (Wildman–Crippen MR) is 88.6 cm³/mol. The van der Waals surface area contributed by atoms with E-state index in [0.717, 1.165) is 37.1 Å². The molecule has 0 radical (unpaired) electrons. The molecule has 3 rings (SSSR count). The van der Waals surface area contributed by atoms with Crippen molar-refractivity contribution in [3.8, 4) is 11.4 Å². The monoisotopic (exact) mass is 346 g/mol. The molecule has 1 saturated heterocycles. The molecule has 0 aromatic carbocycles. The Bertz CT molecular complexity index is 708. The summed E-state index contributed by atoms with van der Waals surface area (Å²) in [6.07, 6.45) is 7.53. The fourth-order valence-corrected chi connectivity index (χ4v) is 2.62. The molecular formula is C17H22N4O4. The normalized spacial score (nSPS) is 17.4. The van der Waals surface area contributed by atoms with E-state index < -0.39 is 5.97 Å². The second-order valence-electron chi connectivity index (χ2n) is 5.75. The Balaban J connectivity index is 1.72. The summed E-state index contributed by atoms with van der Waals surface area (Å²) in [7, 11) is 1.84. The van der Waals surface area contributed by atoms with Crippen molar-refractivity contribution >= 4 is 5.97 Å². The second-order valence-corrected chi connectivity index (χ2v) is 5.75. The van der Waals surface area contributed by atoms with Gasteiger partial charge in [-0.2, -0.15) is 5.10 Å². The fourth-order valence-electron chi connectivity index (χ4n) is 2.62. The Morgan fingerprint density at radius 1 is 1.32 bits per heavy atom. The predicted octanol–water partition coefficient (Wildman–Crippen LogP) is 2.10. The van der Waals surface area contributed by atoms with Gasteiger partial charge >= 0.3 is 5.97 Å². The number of nitrogens with zero attached hydrogens (tertiary/aromatic N) is 4. The molecule has 134 valence electrons. The summed E-state index contributed by atoms with van der Waals surface area (Å²) in [4.78, 5) is 20.2. The van der Waals surface area contributed by atoms with Crippen LogP contribution in [0.5, 0.6) is 0 Å². The Morgan fingerprint density at radius 2 is 2.12 bits per heavy atom. The summed E-state index contributed by atoms with van der Waals surface area (Å²) in [6.45, 7) is 3.17. The van der Waals surface area contributed by atoms with Crippen molar-refractivity contribution in [3.63, 3.8) is 0 Å². The van der Waals surface area contributed by atoms with E-state index in [2.05, 4.69) is 15.1 Å². The molecule has 1 aliphatic rings. The number of hydrogen-bond donors (Lipinski definition) is 0. The summed E-state index contributed by atoms with van der Waals surface area (Å²) in [6, 6.07) is 0. The van der Waals surface area contributed by atoms with Crippen LogP contribution in [0, 0.1) is 0 Å². The quantitative estimate of drug-likeness (QED) is 0.740. The maximum absolute atomic E-state index is 11.7. The van der Waals surface area contributed by atoms with Crippen LogP contribution in [0.4, 0.5) is 0 Å². The lowest BCUT2D eigenvalue weighted by Gasteiger charge is -2.22. The summed E-state index contributed by atoms with van der Waals surface area (Å²) in [5, 5.41) is 4.27. The van der Waals surface area contributed by atoms with Crippen molar-refractivity contribution in [2.24, 2.45) is 7.05 Å². The molecule has 3 heterocycles. The van der Waals surface area contributed by atoms with Crippen molar-refractivity contribution in [1.82, 2.24) is 19.7 Å². The number of aromatic nitrogens is 4. The topological polar surface area (TPSA) is 88.4 Å². The van der Waals surface area contributed by atoms with Gasteiger partial charge in [-0.25, -0.2) is 14.8 Å². The number of ether oxygens (including phenoxy) is 3. The first-order valence-electron chi connectivity index (χ1n) is 8.42. The average molecular weight is 346 g/mol. The molecule has 1 fully saturated rings. The molecule has 0 spiro atoms. The third-order valence-electron chi connectivity index (χ3n) is 4.01. The van der Waals surface area contributed by atoms with Gasteiger partial charge in [-0.3, -0.25) is 4.68 Å². The van der Waals surface area contributed by atoms with E-state index in [9.17, 15) is 4.79 Å². The number of rotatable bonds is 6. The first-order valence-corrected chi connectivity index (χ1v) is 8.42. The molecule has 1 aliphatic heterocycles. The van der Waals surface area contributed by atoms with Gasteiger partial charge in [-0.1, -0.05) is 0 Å². The van der Waals surface area contributed by atoms with E-state index in [-0.39, 0.29) is 6.29 Å². The molecule has 0 saturated carbocycles. The number of carbonyl (C=O) groups is 1. The second kappa shape index (κ2) is 8.17. The van der Waals surface area contributed by atoms with Crippen LogP contribution in [-0.4, -0.2) is 45.2 Å². The van der Waals surface area contributed by atoms with Gasteiger partial charge in [0.1, 0.15) is 0 Å². The highest BCUT2D eigenvalue weighted by Gasteiger charge is 2.19. The molecule has 8 heteroatoms. The molecule has 0 amide bonds. The third-order valence-corrected chi connectivity index (χ3v) is 4.01. The number of esters is 1. The Hall–Kier alpha value is -2.32. The number of aryl methyl sites for hydroxylation is 1. The molecule has 8 nitrogen and oxygen atoms in total. The van der Waals surface area contributed by atoms with Crippen molar-refractivity contribution in [1.29, 1.82) is 0 Å². The summed E-state index contributed by atoms with van der Waals surface area (Å²) >= 11 is 0. The minimum atomic E-state index is -0.432. The molecular weight excluding hydrogens is 324 g/mol. The number of carbonyl (C=O) groups excluding carboxylic acids is 1. The minimum Gasteiger partial charge on any atom is -0.462 e. The van der Waals surface area contributed by atoms with Crippen molar-refractivity contribution in [2.75, 3.05) is 13.2 Å². The van der Waals surface area contributed by atoms with Crippen LogP contribution < -0.4 is 0 Å². The van der Waals surface area contributed by atoms with Crippen molar-refractivity contribution < 1.29 is 19.0 Å². The standard InChI is InChI=1S/C17H22N4O4/c1-3-23-17(22)12-8-18-16(19-9-12)13-10-20-21(2)14(13)11-25-15-6-4-5-7-24-15/h8-10,15H,3-7,11H2,1-2H3. The molecule has 1 atom stereocenters. The number of hydrogen-bond acceptors (Lipinski definition) is 7. The first-order chi connectivity index (χ1) is 12.2. The first kappa shape index (κ1) is 17.5. The lowest BCUT2D eigenvalue weighted by atomic mass is 10.2. The molecule has 0 bridgehead atoms. The van der Waals surface area contributed by atoms with E-state index in [1.807, 2.05) is 7.05 Å². The van der Waals surface area contributed by atoms with E-state index >= 15 is 0 Å². The van der Waals surface area contributed by atoms with Gasteiger partial charge in [-0.05, 0) is 26.2 Å². The van der Waals surface area contributed by atoms with E-state index in [1.54, 1.807) is 17.8 Å². The SMILES string of the molecule is CCOC(=O)c1cnc(-c2cnn(C)c2COC2CCCCO2)nc1. The van der Waals surface area contributed by atoms with E-state index in [0.29, 0.717) is 24.6 Å². The third kappa shape index (κ3) is 4.21. The molecule has 25 heavy (non-hydrogen) atoms. The highest BCUT2D eigenvalue weighted by molar-refractivity contribution is 5.88. The lowest BCUT2D eigenvalue weighted by molar-refractivity contribution is -0.169. The van der Waals surface area contributed by atoms with E-state index in [1.165, 1.54) is 12.4 Å². The fraction of sp³-hybridized carbons (Fsp3) is 0.529. The summed E-state index contributed by atoms with van der Waals surface area (Å²) in [5.74, 6) is 0.0579. The zero-order chi connectivity index (χ0) is 17.6. The maximum Gasteiger partial charge on any atom is 0.341 e. The van der Waals surface area contributed by atoms with Gasteiger partial charge in [0.25, 0.3) is 0 Å². The van der Waals surface area contributed by atoms with Gasteiger partial charge in [0.05, 0.1) is 36.2 Å². The van der Waals surface area contributed by atoms with E-state index in [4.69, 9.17) is 14.2 Å². The Kier molecular flexibility index (Phi) is 5.72. The zero-order valence-corrected chi connectivity index (χ0v) is 14.5. The molecule has 1 unspecified atom stereocenters. The lowest BCUT2D eigenvalue weighted by Crippen LogP contribution is -2.22. The molecule has 0 aliphatic carbocycles. The highest BCUT2D eigenvalue weighted by atomic mass is 16.7. The smallest absolute Gasteiger partial charge is 0.341 e. The van der Waals surface area contributed by atoms with Crippen molar-refractivity contribution in [2.45, 2.75) is 39.1 Å². The largest absolute Gasteiger partial charge is 0.462 e. The van der Waals surface area contributed by atoms with Crippen molar-refractivity contribution in [3.05, 3.63) is 29.8 Å². The molecule has 2 aromatic rings. The van der Waals surface area contributed by atoms with Gasteiger partial charge in [0, 0.05) is 26.0 Å². The summed E-state index contributed by atoms with van der Waals surface area (Å²) < 4.78 is 18.1. The van der Waals surface area contributed by atoms with Crippen LogP contribution in [0.15, 0.2) is 18.6 Å². The van der Waals surface area contributed by atoms with Gasteiger partial charge < -0.3 is 14.2 Å². The van der Waals surface area contributed by atoms with Crippen LogP contribution >= 0.6 is 0 Å². The highest BCUT2D eigenvalue weighted by Crippen LogP contribution is 2.22. The summed E-state index contributed by atoms with van der Waals surface area (Å²) in [5.41, 5.74) is 1.95. The Labute approximate surface area is 146 Å². The zero-order valence-electron chi connectivity index (χ0n) is 14.5. The Morgan fingerprint density at radius 3 is 2.80 bits per heavy atom. The van der Waals surface area contributed by atoms with Gasteiger partial charge in [-0.15, -0.1) is 0 Å². The van der Waals surface area contributed by atoms with Gasteiger partial charge in [0.2, 0.25) is 0 Å². The molecule has 0 N–H and O–H groups in total. The van der Waals surface area contributed by atoms with Crippen LogP contribution in [0.2, 0.25) is 0 Å². The van der Waals surface area contributed by atoms with Crippen LogP contribution in [0.25, 0.3) is 11.4 Å². The van der Waals surface area contributed by atoms with Gasteiger partial charge in [0.15, 0.2) is 12.1 Å². The maximum atomic E-state index is 11.7. The van der Waals surface area contributed by atoms with Crippen LogP contribution in [0.3, 0.4) is 0 Å².